The Morgan fingerprint density at radius 1 is 0.750 bits per heavy atom. The second-order valence-electron chi connectivity index (χ2n) is 10.7. The fourth-order valence-corrected chi connectivity index (χ4v) is 9.59. The molecule has 0 radical (unpaired) electrons. The van der Waals surface area contributed by atoms with E-state index in [1.54, 1.807) is 0 Å². The summed E-state index contributed by atoms with van der Waals surface area (Å²) >= 11 is 0. The molecular formula is C36H37NO2Si. The number of hydrogen-bond acceptors (Lipinski definition) is 3. The Kier molecular flexibility index (Phi) is 9.53. The molecule has 40 heavy (non-hydrogen) atoms. The molecule has 0 saturated heterocycles. The average Bonchev–Trinajstić information content (AvgIpc) is 2.98. The van der Waals surface area contributed by atoms with Crippen molar-refractivity contribution in [1.29, 1.82) is 0 Å². The van der Waals surface area contributed by atoms with E-state index in [0.29, 0.717) is 6.61 Å². The van der Waals surface area contributed by atoms with Crippen LogP contribution >= 0.6 is 0 Å². The first-order valence-corrected chi connectivity index (χ1v) is 15.8. The van der Waals surface area contributed by atoms with E-state index in [-0.39, 0.29) is 17.4 Å². The number of ether oxygens (including phenoxy) is 1. The summed E-state index contributed by atoms with van der Waals surface area (Å²) in [7, 11) is -2.60. The van der Waals surface area contributed by atoms with E-state index >= 15 is 0 Å². The van der Waals surface area contributed by atoms with Gasteiger partial charge in [-0.1, -0.05) is 142 Å². The first-order chi connectivity index (χ1) is 19.4. The maximum atomic E-state index is 13.2. The van der Waals surface area contributed by atoms with Gasteiger partial charge in [0.15, 0.2) is 6.04 Å². The number of aliphatic imine (C=N–C) groups is 1. The van der Waals surface area contributed by atoms with Gasteiger partial charge in [0.1, 0.15) is 0 Å². The third-order valence-electron chi connectivity index (χ3n) is 7.05. The highest BCUT2D eigenvalue weighted by atomic mass is 28.3. The van der Waals surface area contributed by atoms with Crippen molar-refractivity contribution in [3.8, 4) is 11.5 Å². The maximum absolute atomic E-state index is 13.2. The second-order valence-corrected chi connectivity index (χ2v) is 15.1. The molecule has 0 aromatic heterocycles. The molecule has 0 bridgehead atoms. The lowest BCUT2D eigenvalue weighted by molar-refractivity contribution is -0.144. The zero-order chi connectivity index (χ0) is 28.4. The first-order valence-electron chi connectivity index (χ1n) is 13.8. The summed E-state index contributed by atoms with van der Waals surface area (Å²) in [6, 6.07) is 40.4. The molecule has 4 aromatic rings. The molecule has 3 nitrogen and oxygen atoms in total. The van der Waals surface area contributed by atoms with Gasteiger partial charge in [0.25, 0.3) is 0 Å². The van der Waals surface area contributed by atoms with E-state index in [4.69, 9.17) is 9.73 Å². The molecule has 0 spiro atoms. The summed E-state index contributed by atoms with van der Waals surface area (Å²) in [6.07, 6.45) is 0.270. The lowest BCUT2D eigenvalue weighted by Crippen LogP contribution is -2.63. The van der Waals surface area contributed by atoms with Crippen molar-refractivity contribution in [3.05, 3.63) is 132 Å². The summed E-state index contributed by atoms with van der Waals surface area (Å²) < 4.78 is 5.49. The highest BCUT2D eigenvalue weighted by molar-refractivity contribution is 7.10. The van der Waals surface area contributed by atoms with Crippen LogP contribution in [0.25, 0.3) is 0 Å². The van der Waals surface area contributed by atoms with Crippen molar-refractivity contribution in [1.82, 2.24) is 0 Å². The predicted octanol–water partition coefficient (Wildman–Crippen LogP) is 6.45. The molecule has 0 N–H and O–H groups in total. The van der Waals surface area contributed by atoms with Crippen molar-refractivity contribution in [2.75, 3.05) is 6.61 Å². The third-order valence-corrected chi connectivity index (χ3v) is 12.2. The molecule has 1 unspecified atom stereocenters. The summed E-state index contributed by atoms with van der Waals surface area (Å²) in [5, 5.41) is 2.41. The highest BCUT2D eigenvalue weighted by Crippen LogP contribution is 2.35. The van der Waals surface area contributed by atoms with Crippen LogP contribution in [0.2, 0.25) is 5.04 Å². The SMILES string of the molecule is CCOC(=O)C(CC#C[Si](c1ccccc1)(c1ccccc1)C(C)(C)C)N=C(c1ccccc1)c1ccccc1. The van der Waals surface area contributed by atoms with E-state index in [2.05, 4.69) is 80.8 Å². The van der Waals surface area contributed by atoms with Crippen molar-refractivity contribution < 1.29 is 9.53 Å². The van der Waals surface area contributed by atoms with Gasteiger partial charge in [-0.25, -0.2) is 4.79 Å². The number of carbonyl (C=O) groups is 1. The monoisotopic (exact) mass is 543 g/mol. The summed E-state index contributed by atoms with van der Waals surface area (Å²) in [5.74, 6) is 3.12. The van der Waals surface area contributed by atoms with Gasteiger partial charge in [0.05, 0.1) is 12.3 Å². The molecule has 202 valence electrons. The lowest BCUT2D eigenvalue weighted by atomic mass is 10.0. The number of benzene rings is 4. The van der Waals surface area contributed by atoms with Crippen LogP contribution in [0.3, 0.4) is 0 Å². The number of nitrogens with zero attached hydrogens (tertiary/aromatic N) is 1. The van der Waals surface area contributed by atoms with Gasteiger partial charge in [-0.3, -0.25) is 4.99 Å². The minimum atomic E-state index is -2.60. The normalized spacial score (nSPS) is 12.0. The van der Waals surface area contributed by atoms with E-state index in [1.807, 2.05) is 79.7 Å². The van der Waals surface area contributed by atoms with Crippen LogP contribution in [-0.4, -0.2) is 32.4 Å². The Balaban J connectivity index is 1.84. The molecule has 1 atom stereocenters. The fourth-order valence-electron chi connectivity index (χ4n) is 5.10. The second kappa shape index (κ2) is 13.2. The molecule has 0 aliphatic rings. The summed E-state index contributed by atoms with van der Waals surface area (Å²) in [4.78, 5) is 18.3. The average molecular weight is 544 g/mol. The predicted molar refractivity (Wildman–Crippen MR) is 169 cm³/mol. The van der Waals surface area contributed by atoms with Crippen LogP contribution in [0.4, 0.5) is 0 Å². The molecule has 4 heteroatoms. The van der Waals surface area contributed by atoms with Crippen molar-refractivity contribution in [2.24, 2.45) is 4.99 Å². The van der Waals surface area contributed by atoms with Crippen molar-refractivity contribution in [3.63, 3.8) is 0 Å². The summed E-state index contributed by atoms with van der Waals surface area (Å²) in [6.45, 7) is 8.94. The van der Waals surface area contributed by atoms with Gasteiger partial charge < -0.3 is 4.74 Å². The number of carbonyl (C=O) groups excluding carboxylic acids is 1. The molecule has 0 heterocycles. The standard InChI is InChI=1S/C36H37NO2Si/c1-5-39-35(38)33(37-34(29-19-10-6-11-20-29)30-21-12-7-13-22-30)27-18-28-40(36(2,3)4,31-23-14-8-15-24-31)32-25-16-9-17-26-32/h6-17,19-26,33H,5,27H2,1-4H3. The van der Waals surface area contributed by atoms with Crippen LogP contribution in [0.5, 0.6) is 0 Å². The molecule has 0 aliphatic heterocycles. The van der Waals surface area contributed by atoms with E-state index in [0.717, 1.165) is 16.8 Å². The minimum Gasteiger partial charge on any atom is -0.464 e. The molecular weight excluding hydrogens is 506 g/mol. The molecule has 0 fully saturated rings. The van der Waals surface area contributed by atoms with Gasteiger partial charge in [-0.15, -0.1) is 11.5 Å². The quantitative estimate of drug-likeness (QED) is 0.111. The Morgan fingerprint density at radius 3 is 1.57 bits per heavy atom. The number of rotatable bonds is 8. The largest absolute Gasteiger partial charge is 0.464 e. The Hall–Kier alpha value is -4.20. The Bertz CT molecular complexity index is 1380. The fraction of sp³-hybridized carbons (Fsp3) is 0.222. The van der Waals surface area contributed by atoms with Crippen molar-refractivity contribution in [2.45, 2.75) is 45.2 Å². The maximum Gasteiger partial charge on any atom is 0.331 e. The topological polar surface area (TPSA) is 38.7 Å². The number of esters is 1. The van der Waals surface area contributed by atoms with Crippen LogP contribution in [-0.2, 0) is 9.53 Å². The third kappa shape index (κ3) is 6.50. The van der Waals surface area contributed by atoms with Gasteiger partial charge in [0.2, 0.25) is 8.07 Å². The van der Waals surface area contributed by atoms with E-state index < -0.39 is 14.1 Å². The molecule has 4 rings (SSSR count). The van der Waals surface area contributed by atoms with Gasteiger partial charge >= 0.3 is 5.97 Å². The minimum absolute atomic E-state index is 0.107. The van der Waals surface area contributed by atoms with Crippen molar-refractivity contribution >= 4 is 30.1 Å². The van der Waals surface area contributed by atoms with Crippen LogP contribution < -0.4 is 10.4 Å². The Labute approximate surface area is 240 Å². The van der Waals surface area contributed by atoms with Crippen LogP contribution in [0, 0.1) is 11.5 Å². The van der Waals surface area contributed by atoms with Crippen LogP contribution in [0.15, 0.2) is 126 Å². The smallest absolute Gasteiger partial charge is 0.331 e. The zero-order valence-corrected chi connectivity index (χ0v) is 24.8. The first kappa shape index (κ1) is 28.8. The molecule has 0 saturated carbocycles. The van der Waals surface area contributed by atoms with Gasteiger partial charge in [0, 0.05) is 17.5 Å². The summed E-state index contributed by atoms with van der Waals surface area (Å²) in [5.41, 5.74) is 6.45. The molecule has 0 amide bonds. The van der Waals surface area contributed by atoms with E-state index in [9.17, 15) is 4.79 Å². The Morgan fingerprint density at radius 2 is 1.18 bits per heavy atom. The zero-order valence-electron chi connectivity index (χ0n) is 23.8. The lowest BCUT2D eigenvalue weighted by Gasteiger charge is -2.39. The van der Waals surface area contributed by atoms with Gasteiger partial charge in [-0.2, -0.15) is 0 Å². The van der Waals surface area contributed by atoms with Gasteiger partial charge in [-0.05, 0) is 22.3 Å². The number of hydrogen-bond donors (Lipinski definition) is 0. The highest BCUT2D eigenvalue weighted by Gasteiger charge is 2.47. The van der Waals surface area contributed by atoms with E-state index in [1.165, 1.54) is 10.4 Å². The molecule has 4 aromatic carbocycles. The van der Waals surface area contributed by atoms with Crippen LogP contribution in [0.1, 0.15) is 45.2 Å². The molecule has 0 aliphatic carbocycles.